The Morgan fingerprint density at radius 3 is 2.48 bits per heavy atom. The number of aromatic nitrogens is 1. The van der Waals surface area contributed by atoms with Crippen LogP contribution in [0.5, 0.6) is 0 Å². The standard InChI is InChI=1S/C19H33N5OS.HI/c1-14-11-24(12-15(2)25-14)17-8-7-16(9-21-17)10-22-18(20-5)23-13-19(3,4)26-6;/h7-9,14-15H,10-13H2,1-6H3,(H2,20,22,23);1H. The zero-order valence-corrected chi connectivity index (χ0v) is 20.4. The highest BCUT2D eigenvalue weighted by Crippen LogP contribution is 2.20. The minimum absolute atomic E-state index is 0. The molecule has 0 spiro atoms. The maximum absolute atomic E-state index is 5.79. The molecule has 27 heavy (non-hydrogen) atoms. The Bertz CT molecular complexity index is 586. The molecule has 2 N–H and O–H groups in total. The van der Waals surface area contributed by atoms with Gasteiger partial charge in [0.15, 0.2) is 5.96 Å². The van der Waals surface area contributed by atoms with E-state index in [-0.39, 0.29) is 40.9 Å². The van der Waals surface area contributed by atoms with E-state index in [9.17, 15) is 0 Å². The number of aliphatic imine (C=N–C) groups is 1. The van der Waals surface area contributed by atoms with Gasteiger partial charge < -0.3 is 20.3 Å². The van der Waals surface area contributed by atoms with Gasteiger partial charge in [-0.2, -0.15) is 11.8 Å². The number of anilines is 1. The van der Waals surface area contributed by atoms with Crippen LogP contribution in [-0.4, -0.2) is 60.8 Å². The third-order valence-electron chi connectivity index (χ3n) is 4.47. The van der Waals surface area contributed by atoms with Crippen molar-refractivity contribution in [1.29, 1.82) is 0 Å². The topological polar surface area (TPSA) is 61.8 Å². The van der Waals surface area contributed by atoms with Crippen LogP contribution in [0.15, 0.2) is 23.3 Å². The highest BCUT2D eigenvalue weighted by atomic mass is 127. The quantitative estimate of drug-likeness (QED) is 0.351. The van der Waals surface area contributed by atoms with Gasteiger partial charge in [0.2, 0.25) is 0 Å². The molecule has 8 heteroatoms. The molecule has 1 saturated heterocycles. The predicted molar refractivity (Wildman–Crippen MR) is 128 cm³/mol. The summed E-state index contributed by atoms with van der Waals surface area (Å²) < 4.78 is 5.97. The summed E-state index contributed by atoms with van der Waals surface area (Å²) in [5.74, 6) is 1.83. The van der Waals surface area contributed by atoms with Crippen molar-refractivity contribution in [1.82, 2.24) is 15.6 Å². The summed E-state index contributed by atoms with van der Waals surface area (Å²) in [4.78, 5) is 11.2. The van der Waals surface area contributed by atoms with Gasteiger partial charge in [-0.05, 0) is 45.6 Å². The van der Waals surface area contributed by atoms with Gasteiger partial charge in [0.05, 0.1) is 12.2 Å². The van der Waals surface area contributed by atoms with Crippen LogP contribution in [0, 0.1) is 0 Å². The highest BCUT2D eigenvalue weighted by molar-refractivity contribution is 14.0. The Morgan fingerprint density at radius 2 is 1.96 bits per heavy atom. The van der Waals surface area contributed by atoms with Crippen LogP contribution < -0.4 is 15.5 Å². The summed E-state index contributed by atoms with van der Waals surface area (Å²) in [6, 6.07) is 4.22. The summed E-state index contributed by atoms with van der Waals surface area (Å²) in [6.45, 7) is 12.0. The van der Waals surface area contributed by atoms with Crippen molar-refractivity contribution in [3.8, 4) is 0 Å². The molecule has 1 aromatic rings. The van der Waals surface area contributed by atoms with Crippen molar-refractivity contribution in [2.24, 2.45) is 4.99 Å². The number of halogens is 1. The maximum atomic E-state index is 5.79. The van der Waals surface area contributed by atoms with Crippen LogP contribution in [0.25, 0.3) is 0 Å². The van der Waals surface area contributed by atoms with Gasteiger partial charge in [0.1, 0.15) is 5.82 Å². The molecular weight excluding hydrogens is 473 g/mol. The van der Waals surface area contributed by atoms with Crippen molar-refractivity contribution in [2.45, 2.75) is 51.2 Å². The van der Waals surface area contributed by atoms with Gasteiger partial charge in [0.25, 0.3) is 0 Å². The van der Waals surface area contributed by atoms with Crippen molar-refractivity contribution in [3.05, 3.63) is 23.9 Å². The molecule has 0 aliphatic carbocycles. The molecule has 2 heterocycles. The van der Waals surface area contributed by atoms with Crippen LogP contribution >= 0.6 is 35.7 Å². The molecule has 0 saturated carbocycles. The summed E-state index contributed by atoms with van der Waals surface area (Å²) in [7, 11) is 1.80. The monoisotopic (exact) mass is 507 g/mol. The fourth-order valence-corrected chi connectivity index (χ4v) is 3.06. The van der Waals surface area contributed by atoms with Crippen LogP contribution in [0.2, 0.25) is 0 Å². The van der Waals surface area contributed by atoms with Gasteiger partial charge >= 0.3 is 0 Å². The Kier molecular flexibility index (Phi) is 10.2. The fourth-order valence-electron chi connectivity index (χ4n) is 2.85. The predicted octanol–water partition coefficient (Wildman–Crippen LogP) is 3.12. The highest BCUT2D eigenvalue weighted by Gasteiger charge is 2.23. The number of rotatable bonds is 6. The van der Waals surface area contributed by atoms with E-state index in [0.717, 1.165) is 37.0 Å². The van der Waals surface area contributed by atoms with Crippen LogP contribution in [0.1, 0.15) is 33.3 Å². The fraction of sp³-hybridized carbons (Fsp3) is 0.684. The largest absolute Gasteiger partial charge is 0.372 e. The zero-order valence-electron chi connectivity index (χ0n) is 17.3. The first-order valence-corrected chi connectivity index (χ1v) is 10.4. The van der Waals surface area contributed by atoms with E-state index < -0.39 is 0 Å². The van der Waals surface area contributed by atoms with E-state index >= 15 is 0 Å². The van der Waals surface area contributed by atoms with Crippen molar-refractivity contribution in [3.63, 3.8) is 0 Å². The average Bonchev–Trinajstić information content (AvgIpc) is 2.61. The summed E-state index contributed by atoms with van der Waals surface area (Å²) in [6.07, 6.45) is 4.54. The number of pyridine rings is 1. The minimum atomic E-state index is 0. The van der Waals surface area contributed by atoms with Gasteiger partial charge in [-0.1, -0.05) is 6.07 Å². The lowest BCUT2D eigenvalue weighted by Gasteiger charge is -2.36. The average molecular weight is 507 g/mol. The first kappa shape index (κ1) is 24.3. The molecule has 0 amide bonds. The van der Waals surface area contributed by atoms with Crippen LogP contribution in [0.3, 0.4) is 0 Å². The molecule has 2 atom stereocenters. The van der Waals surface area contributed by atoms with Crippen LogP contribution in [-0.2, 0) is 11.3 Å². The number of nitrogens with zero attached hydrogens (tertiary/aromatic N) is 3. The second-order valence-electron chi connectivity index (χ2n) is 7.43. The Labute approximate surface area is 185 Å². The van der Waals surface area contributed by atoms with Gasteiger partial charge in [-0.3, -0.25) is 4.99 Å². The van der Waals surface area contributed by atoms with E-state index in [0.29, 0.717) is 6.54 Å². The van der Waals surface area contributed by atoms with E-state index in [4.69, 9.17) is 4.74 Å². The SMILES string of the molecule is CN=C(NCc1ccc(N2CC(C)OC(C)C2)nc1)NCC(C)(C)SC.I. The van der Waals surface area contributed by atoms with E-state index in [1.54, 1.807) is 7.05 Å². The van der Waals surface area contributed by atoms with Crippen molar-refractivity contribution in [2.75, 3.05) is 37.8 Å². The number of hydrogen-bond acceptors (Lipinski definition) is 5. The molecule has 6 nitrogen and oxygen atoms in total. The molecule has 0 radical (unpaired) electrons. The zero-order chi connectivity index (χ0) is 19.2. The molecule has 2 unspecified atom stereocenters. The number of ether oxygens (including phenoxy) is 1. The Balaban J connectivity index is 0.00000364. The molecule has 154 valence electrons. The third kappa shape index (κ3) is 8.03. The maximum Gasteiger partial charge on any atom is 0.191 e. The first-order chi connectivity index (χ1) is 12.3. The van der Waals surface area contributed by atoms with E-state index in [1.165, 1.54) is 0 Å². The number of nitrogens with one attached hydrogen (secondary N) is 2. The van der Waals surface area contributed by atoms with Crippen molar-refractivity contribution >= 4 is 47.5 Å². The molecule has 0 aromatic carbocycles. The van der Waals surface area contributed by atoms with E-state index in [1.807, 2.05) is 18.0 Å². The second kappa shape index (κ2) is 11.3. The van der Waals surface area contributed by atoms with Gasteiger partial charge in [-0.15, -0.1) is 24.0 Å². The smallest absolute Gasteiger partial charge is 0.191 e. The molecule has 1 aromatic heterocycles. The minimum Gasteiger partial charge on any atom is -0.372 e. The van der Waals surface area contributed by atoms with Gasteiger partial charge in [-0.25, -0.2) is 4.98 Å². The Hall–Kier alpha value is -0.740. The summed E-state index contributed by atoms with van der Waals surface area (Å²) in [5.41, 5.74) is 1.13. The first-order valence-electron chi connectivity index (χ1n) is 9.18. The number of guanidine groups is 1. The molecular formula is C19H34IN5OS. The molecule has 1 aliphatic heterocycles. The molecule has 1 aliphatic rings. The molecule has 2 rings (SSSR count). The number of thioether (sulfide) groups is 1. The lowest BCUT2D eigenvalue weighted by Crippen LogP contribution is -2.45. The molecule has 1 fully saturated rings. The summed E-state index contributed by atoms with van der Waals surface area (Å²) >= 11 is 1.84. The third-order valence-corrected chi connectivity index (χ3v) is 5.72. The molecule has 0 bridgehead atoms. The number of hydrogen-bond donors (Lipinski definition) is 2. The van der Waals surface area contributed by atoms with Gasteiger partial charge in [0, 0.05) is 44.2 Å². The van der Waals surface area contributed by atoms with Crippen molar-refractivity contribution < 1.29 is 4.74 Å². The lowest BCUT2D eigenvalue weighted by molar-refractivity contribution is -0.00545. The normalized spacial score (nSPS) is 20.8. The second-order valence-corrected chi connectivity index (χ2v) is 8.94. The lowest BCUT2D eigenvalue weighted by atomic mass is 10.2. The Morgan fingerprint density at radius 1 is 1.30 bits per heavy atom. The van der Waals surface area contributed by atoms with E-state index in [2.05, 4.69) is 71.6 Å². The summed E-state index contributed by atoms with van der Waals surface area (Å²) in [5, 5.41) is 6.73. The number of morpholine rings is 1. The van der Waals surface area contributed by atoms with Crippen LogP contribution in [0.4, 0.5) is 5.82 Å².